The van der Waals surface area contributed by atoms with Crippen LogP contribution in [0.1, 0.15) is 74.4 Å². The number of phenolic OH excluding ortho intramolecular Hbond substituents is 1. The Morgan fingerprint density at radius 3 is 2.38 bits per heavy atom. The number of hydrogen-bond donors (Lipinski definition) is 1. The van der Waals surface area contributed by atoms with E-state index in [-0.39, 0.29) is 17.9 Å². The predicted molar refractivity (Wildman–Crippen MR) is 118 cm³/mol. The highest BCUT2D eigenvalue weighted by molar-refractivity contribution is 6.01. The van der Waals surface area contributed by atoms with E-state index < -0.39 is 5.97 Å². The van der Waals surface area contributed by atoms with E-state index in [0.29, 0.717) is 11.3 Å². The normalized spacial score (nSPS) is 10.8. The van der Waals surface area contributed by atoms with Crippen LogP contribution in [-0.2, 0) is 17.6 Å². The first kappa shape index (κ1) is 22.8. The second kappa shape index (κ2) is 11.5. The highest BCUT2D eigenvalue weighted by atomic mass is 16.5. The van der Waals surface area contributed by atoms with Crippen molar-refractivity contribution < 1.29 is 19.4 Å². The van der Waals surface area contributed by atoms with E-state index in [4.69, 9.17) is 9.47 Å². The molecule has 0 aliphatic rings. The summed E-state index contributed by atoms with van der Waals surface area (Å²) < 4.78 is 10.8. The van der Waals surface area contributed by atoms with Gasteiger partial charge in [0.15, 0.2) is 0 Å². The number of unbranched alkanes of at least 4 members (excludes halogenated alkanes) is 3. The molecular formula is C25H34O4. The zero-order valence-corrected chi connectivity index (χ0v) is 18.2. The molecule has 0 bridgehead atoms. The molecule has 0 spiro atoms. The lowest BCUT2D eigenvalue weighted by atomic mass is 9.88. The smallest absolute Gasteiger partial charge is 0.342 e. The number of esters is 1. The van der Waals surface area contributed by atoms with Crippen molar-refractivity contribution in [2.45, 2.75) is 65.7 Å². The van der Waals surface area contributed by atoms with Crippen LogP contribution in [-0.4, -0.2) is 24.8 Å². The molecule has 0 unspecified atom stereocenters. The van der Waals surface area contributed by atoms with Crippen molar-refractivity contribution in [3.8, 4) is 22.6 Å². The number of carbonyl (C=O) groups is 1. The minimum absolute atomic E-state index is 0.0619. The van der Waals surface area contributed by atoms with E-state index in [0.717, 1.165) is 55.2 Å². The van der Waals surface area contributed by atoms with Crippen molar-refractivity contribution in [3.63, 3.8) is 0 Å². The van der Waals surface area contributed by atoms with Crippen LogP contribution in [0.2, 0.25) is 0 Å². The fraction of sp³-hybridized carbons (Fsp3) is 0.480. The number of para-hydroxylation sites is 1. The van der Waals surface area contributed by atoms with Gasteiger partial charge in [-0.1, -0.05) is 57.7 Å². The number of aromatic hydroxyl groups is 1. The van der Waals surface area contributed by atoms with Gasteiger partial charge in [-0.25, -0.2) is 4.79 Å². The van der Waals surface area contributed by atoms with E-state index in [9.17, 15) is 9.90 Å². The van der Waals surface area contributed by atoms with Crippen molar-refractivity contribution in [3.05, 3.63) is 47.0 Å². The molecule has 0 aromatic heterocycles. The Labute approximate surface area is 174 Å². The molecule has 2 aromatic carbocycles. The first-order valence-corrected chi connectivity index (χ1v) is 10.8. The molecule has 0 heterocycles. The van der Waals surface area contributed by atoms with E-state index in [2.05, 4.69) is 13.8 Å². The topological polar surface area (TPSA) is 55.8 Å². The van der Waals surface area contributed by atoms with E-state index in [1.165, 1.54) is 6.42 Å². The van der Waals surface area contributed by atoms with Crippen LogP contribution in [0.25, 0.3) is 11.1 Å². The molecule has 4 nitrogen and oxygen atoms in total. The molecule has 0 atom stereocenters. The predicted octanol–water partition coefficient (Wildman–Crippen LogP) is 6.32. The molecule has 0 fully saturated rings. The number of benzene rings is 2. The maximum Gasteiger partial charge on any atom is 0.342 e. The second-order valence-electron chi connectivity index (χ2n) is 7.27. The lowest BCUT2D eigenvalue weighted by molar-refractivity contribution is 0.0524. The Hall–Kier alpha value is -2.49. The van der Waals surface area contributed by atoms with Crippen molar-refractivity contribution in [2.24, 2.45) is 0 Å². The molecule has 4 heteroatoms. The van der Waals surface area contributed by atoms with Crippen LogP contribution in [0.3, 0.4) is 0 Å². The second-order valence-corrected chi connectivity index (χ2v) is 7.27. The summed E-state index contributed by atoms with van der Waals surface area (Å²) >= 11 is 0. The van der Waals surface area contributed by atoms with Crippen molar-refractivity contribution in [2.75, 3.05) is 13.7 Å². The molecule has 2 aromatic rings. The highest BCUT2D eigenvalue weighted by Gasteiger charge is 2.25. The quantitative estimate of drug-likeness (QED) is 0.355. The summed E-state index contributed by atoms with van der Waals surface area (Å²) in [6.07, 6.45) is 7.02. The Morgan fingerprint density at radius 1 is 0.966 bits per heavy atom. The summed E-state index contributed by atoms with van der Waals surface area (Å²) in [6.45, 7) is 6.34. The molecule has 1 N–H and O–H groups in total. The lowest BCUT2D eigenvalue weighted by Crippen LogP contribution is -2.10. The van der Waals surface area contributed by atoms with Crippen molar-refractivity contribution >= 4 is 5.97 Å². The first-order chi connectivity index (χ1) is 14.1. The van der Waals surface area contributed by atoms with Crippen molar-refractivity contribution in [1.29, 1.82) is 0 Å². The van der Waals surface area contributed by atoms with Gasteiger partial charge in [0.05, 0.1) is 13.7 Å². The average molecular weight is 399 g/mol. The van der Waals surface area contributed by atoms with Gasteiger partial charge in [0, 0.05) is 11.1 Å². The Kier molecular flexibility index (Phi) is 9.04. The number of aryl methyl sites for hydroxylation is 1. The molecule has 2 rings (SSSR count). The van der Waals surface area contributed by atoms with Crippen LogP contribution < -0.4 is 4.74 Å². The Bertz CT molecular complexity index is 811. The van der Waals surface area contributed by atoms with Crippen LogP contribution >= 0.6 is 0 Å². The summed E-state index contributed by atoms with van der Waals surface area (Å²) in [4.78, 5) is 12.8. The van der Waals surface area contributed by atoms with Crippen LogP contribution in [0.4, 0.5) is 0 Å². The van der Waals surface area contributed by atoms with E-state index >= 15 is 0 Å². The van der Waals surface area contributed by atoms with Gasteiger partial charge in [-0.3, -0.25) is 0 Å². The number of phenols is 1. The first-order valence-electron chi connectivity index (χ1n) is 10.8. The van der Waals surface area contributed by atoms with Crippen LogP contribution in [0.15, 0.2) is 30.3 Å². The van der Waals surface area contributed by atoms with Gasteiger partial charge in [-0.15, -0.1) is 0 Å². The molecule has 0 saturated carbocycles. The van der Waals surface area contributed by atoms with Crippen LogP contribution in [0, 0.1) is 0 Å². The van der Waals surface area contributed by atoms with E-state index in [1.54, 1.807) is 14.0 Å². The molecule has 0 saturated heterocycles. The monoisotopic (exact) mass is 398 g/mol. The summed E-state index contributed by atoms with van der Waals surface area (Å²) in [6, 6.07) is 9.61. The molecule has 0 radical (unpaired) electrons. The molecular weight excluding hydrogens is 364 g/mol. The molecule has 0 aliphatic carbocycles. The third kappa shape index (κ3) is 5.53. The van der Waals surface area contributed by atoms with Gasteiger partial charge in [0.2, 0.25) is 0 Å². The minimum atomic E-state index is -0.497. The number of rotatable bonds is 11. The lowest BCUT2D eigenvalue weighted by Gasteiger charge is -2.20. The largest absolute Gasteiger partial charge is 0.507 e. The standard InChI is InChI=1S/C25H34O4/c1-5-8-9-10-14-19-18(13-6-2)17-21(20-15-11-12-16-22(20)28-4)23(24(19)26)25(27)29-7-3/h11-12,15-17,26H,5-10,13-14H2,1-4H3. The zero-order chi connectivity index (χ0) is 21.2. The third-order valence-corrected chi connectivity index (χ3v) is 5.17. The highest BCUT2D eigenvalue weighted by Crippen LogP contribution is 2.40. The average Bonchev–Trinajstić information content (AvgIpc) is 2.72. The summed E-state index contributed by atoms with van der Waals surface area (Å²) in [5.41, 5.74) is 3.66. The van der Waals surface area contributed by atoms with E-state index in [1.807, 2.05) is 30.3 Å². The summed E-state index contributed by atoms with van der Waals surface area (Å²) in [5.74, 6) is 0.228. The van der Waals surface area contributed by atoms with Gasteiger partial charge in [0.1, 0.15) is 17.1 Å². The minimum Gasteiger partial charge on any atom is -0.507 e. The van der Waals surface area contributed by atoms with Gasteiger partial charge in [-0.05, 0) is 49.4 Å². The number of ether oxygens (including phenoxy) is 2. The fourth-order valence-corrected chi connectivity index (χ4v) is 3.75. The number of carbonyl (C=O) groups excluding carboxylic acids is 1. The van der Waals surface area contributed by atoms with Gasteiger partial charge in [0.25, 0.3) is 0 Å². The molecule has 158 valence electrons. The Morgan fingerprint density at radius 2 is 1.72 bits per heavy atom. The summed E-state index contributed by atoms with van der Waals surface area (Å²) in [7, 11) is 1.61. The SMILES string of the molecule is CCCCCCc1c(CCC)cc(-c2ccccc2OC)c(C(=O)OCC)c1O. The zero-order valence-electron chi connectivity index (χ0n) is 18.2. The molecule has 0 amide bonds. The van der Waals surface area contributed by atoms with Crippen LogP contribution in [0.5, 0.6) is 11.5 Å². The number of hydrogen-bond acceptors (Lipinski definition) is 4. The summed E-state index contributed by atoms with van der Waals surface area (Å²) in [5, 5.41) is 11.2. The van der Waals surface area contributed by atoms with Gasteiger partial charge >= 0.3 is 5.97 Å². The van der Waals surface area contributed by atoms with Crippen molar-refractivity contribution in [1.82, 2.24) is 0 Å². The fourth-order valence-electron chi connectivity index (χ4n) is 3.75. The third-order valence-electron chi connectivity index (χ3n) is 5.17. The Balaban J connectivity index is 2.66. The number of methoxy groups -OCH3 is 1. The van der Waals surface area contributed by atoms with Gasteiger partial charge < -0.3 is 14.6 Å². The maximum atomic E-state index is 12.8. The molecule has 29 heavy (non-hydrogen) atoms. The molecule has 0 aliphatic heterocycles. The van der Waals surface area contributed by atoms with Gasteiger partial charge in [-0.2, -0.15) is 0 Å². The maximum absolute atomic E-state index is 12.8.